The lowest BCUT2D eigenvalue weighted by Crippen LogP contribution is -2.40. The quantitative estimate of drug-likeness (QED) is 0.486. The molecule has 18 heavy (non-hydrogen) atoms. The molecule has 0 spiro atoms. The summed E-state index contributed by atoms with van der Waals surface area (Å²) in [6.45, 7) is 11.5. The van der Waals surface area contributed by atoms with Crippen LogP contribution in [-0.2, 0) is 9.53 Å². The first-order chi connectivity index (χ1) is 8.76. The summed E-state index contributed by atoms with van der Waals surface area (Å²) in [5, 5.41) is 0. The smallest absolute Gasteiger partial charge is 0.320 e. The molecule has 1 rings (SSSR count). The zero-order valence-corrected chi connectivity index (χ0v) is 11.6. The van der Waals surface area contributed by atoms with Gasteiger partial charge >= 0.3 is 5.97 Å². The number of rotatable bonds is 8. The van der Waals surface area contributed by atoms with E-state index in [0.29, 0.717) is 13.2 Å². The molecule has 0 aromatic rings. The second kappa shape index (κ2) is 9.11. The van der Waals surface area contributed by atoms with Crippen molar-refractivity contribution in [3.8, 4) is 0 Å². The van der Waals surface area contributed by atoms with Crippen molar-refractivity contribution in [1.29, 1.82) is 0 Å². The van der Waals surface area contributed by atoms with Crippen LogP contribution in [0, 0.1) is 0 Å². The van der Waals surface area contributed by atoms with Crippen molar-refractivity contribution in [2.45, 2.75) is 26.2 Å². The molecule has 1 aliphatic rings. The number of ether oxygens (including phenoxy) is 1. The van der Waals surface area contributed by atoms with Gasteiger partial charge in [-0.2, -0.15) is 0 Å². The van der Waals surface area contributed by atoms with Gasteiger partial charge in [0.2, 0.25) is 0 Å². The Morgan fingerprint density at radius 1 is 1.39 bits per heavy atom. The van der Waals surface area contributed by atoms with E-state index >= 15 is 0 Å². The highest BCUT2D eigenvalue weighted by Crippen LogP contribution is 2.08. The zero-order valence-electron chi connectivity index (χ0n) is 11.6. The van der Waals surface area contributed by atoms with Gasteiger partial charge < -0.3 is 9.64 Å². The van der Waals surface area contributed by atoms with Crippen molar-refractivity contribution >= 4 is 5.97 Å². The molecule has 1 heterocycles. The van der Waals surface area contributed by atoms with Crippen molar-refractivity contribution in [3.05, 3.63) is 12.7 Å². The van der Waals surface area contributed by atoms with Crippen molar-refractivity contribution in [2.24, 2.45) is 0 Å². The van der Waals surface area contributed by atoms with Crippen LogP contribution in [0.15, 0.2) is 12.7 Å². The molecule has 0 amide bonds. The number of carbonyl (C=O) groups is 1. The largest absolute Gasteiger partial charge is 0.465 e. The van der Waals surface area contributed by atoms with Crippen molar-refractivity contribution in [1.82, 2.24) is 9.80 Å². The highest BCUT2D eigenvalue weighted by Gasteiger charge is 2.14. The average molecular weight is 254 g/mol. The fraction of sp³-hybridized carbons (Fsp3) is 0.786. The summed E-state index contributed by atoms with van der Waals surface area (Å²) in [6, 6.07) is 0. The Morgan fingerprint density at radius 3 is 2.72 bits per heavy atom. The summed E-state index contributed by atoms with van der Waals surface area (Å²) in [6.07, 6.45) is 5.81. The van der Waals surface area contributed by atoms with Crippen LogP contribution in [0.1, 0.15) is 26.2 Å². The second-order valence-corrected chi connectivity index (χ2v) is 4.73. The molecule has 0 saturated carbocycles. The van der Waals surface area contributed by atoms with Gasteiger partial charge in [-0.3, -0.25) is 9.69 Å². The highest BCUT2D eigenvalue weighted by atomic mass is 16.5. The van der Waals surface area contributed by atoms with Gasteiger partial charge in [-0.15, -0.1) is 6.58 Å². The topological polar surface area (TPSA) is 32.8 Å². The molecular formula is C14H26N2O2. The Hall–Kier alpha value is -0.870. The highest BCUT2D eigenvalue weighted by molar-refractivity contribution is 5.71. The molecule has 4 nitrogen and oxygen atoms in total. The molecule has 0 aliphatic carbocycles. The Morgan fingerprint density at radius 2 is 2.11 bits per heavy atom. The van der Waals surface area contributed by atoms with Crippen molar-refractivity contribution in [3.63, 3.8) is 0 Å². The maximum atomic E-state index is 11.5. The third kappa shape index (κ3) is 6.17. The predicted octanol–water partition coefficient (Wildman–Crippen LogP) is 1.52. The Bertz CT molecular complexity index is 250. The van der Waals surface area contributed by atoms with E-state index in [-0.39, 0.29) is 5.97 Å². The number of carbonyl (C=O) groups excluding carboxylic acids is 1. The number of likely N-dealkylation sites (tertiary alicyclic amines) is 1. The molecule has 1 saturated heterocycles. The van der Waals surface area contributed by atoms with Gasteiger partial charge in [0, 0.05) is 19.6 Å². The van der Waals surface area contributed by atoms with Crippen molar-refractivity contribution in [2.75, 3.05) is 45.9 Å². The third-order valence-corrected chi connectivity index (χ3v) is 3.23. The minimum Gasteiger partial charge on any atom is -0.465 e. The standard InChI is InChI=1S/C14H26N2O2/c1-3-8-16(13-14(17)18-4-2)12-11-15-9-6-5-7-10-15/h3H,1,4-13H2,2H3. The van der Waals surface area contributed by atoms with Gasteiger partial charge in [-0.05, 0) is 32.9 Å². The van der Waals surface area contributed by atoms with E-state index in [2.05, 4.69) is 16.4 Å². The van der Waals surface area contributed by atoms with Crippen LogP contribution in [0.4, 0.5) is 0 Å². The summed E-state index contributed by atoms with van der Waals surface area (Å²) in [4.78, 5) is 16.0. The van der Waals surface area contributed by atoms with Crippen LogP contribution >= 0.6 is 0 Å². The summed E-state index contributed by atoms with van der Waals surface area (Å²) < 4.78 is 4.98. The van der Waals surface area contributed by atoms with Gasteiger partial charge in [0.1, 0.15) is 0 Å². The van der Waals surface area contributed by atoms with E-state index in [1.165, 1.54) is 32.4 Å². The summed E-state index contributed by atoms with van der Waals surface area (Å²) in [7, 11) is 0. The maximum Gasteiger partial charge on any atom is 0.320 e. The Labute approximate surface area is 111 Å². The van der Waals surface area contributed by atoms with E-state index in [0.717, 1.165) is 19.6 Å². The molecular weight excluding hydrogens is 228 g/mol. The first-order valence-corrected chi connectivity index (χ1v) is 6.97. The van der Waals surface area contributed by atoms with E-state index < -0.39 is 0 Å². The number of hydrogen-bond acceptors (Lipinski definition) is 4. The first-order valence-electron chi connectivity index (χ1n) is 6.97. The predicted molar refractivity (Wildman–Crippen MR) is 73.6 cm³/mol. The molecule has 0 unspecified atom stereocenters. The van der Waals surface area contributed by atoms with Crippen LogP contribution in [0.25, 0.3) is 0 Å². The SMILES string of the molecule is C=CCN(CCN1CCCCC1)CC(=O)OCC. The fourth-order valence-electron chi connectivity index (χ4n) is 2.27. The van der Waals surface area contributed by atoms with E-state index in [4.69, 9.17) is 4.74 Å². The number of hydrogen-bond donors (Lipinski definition) is 0. The molecule has 104 valence electrons. The second-order valence-electron chi connectivity index (χ2n) is 4.73. The molecule has 0 radical (unpaired) electrons. The zero-order chi connectivity index (χ0) is 13.2. The number of esters is 1. The fourth-order valence-corrected chi connectivity index (χ4v) is 2.27. The molecule has 0 N–H and O–H groups in total. The summed E-state index contributed by atoms with van der Waals surface area (Å²) in [5.41, 5.74) is 0. The molecule has 0 atom stereocenters. The van der Waals surface area contributed by atoms with Gasteiger partial charge in [0.05, 0.1) is 13.2 Å². The van der Waals surface area contributed by atoms with Gasteiger partial charge in [-0.1, -0.05) is 12.5 Å². The monoisotopic (exact) mass is 254 g/mol. The average Bonchev–Trinajstić information content (AvgIpc) is 2.38. The summed E-state index contributed by atoms with van der Waals surface area (Å²) >= 11 is 0. The van der Waals surface area contributed by atoms with Crippen LogP contribution in [-0.4, -0.2) is 61.6 Å². The molecule has 0 aromatic carbocycles. The normalized spacial score (nSPS) is 16.8. The Kier molecular flexibility index (Phi) is 7.69. The van der Waals surface area contributed by atoms with E-state index in [1.807, 2.05) is 13.0 Å². The molecule has 0 aromatic heterocycles. The third-order valence-electron chi connectivity index (χ3n) is 3.23. The van der Waals surface area contributed by atoms with Gasteiger partial charge in [0.15, 0.2) is 0 Å². The minimum atomic E-state index is -0.141. The van der Waals surface area contributed by atoms with Crippen LogP contribution in [0.5, 0.6) is 0 Å². The van der Waals surface area contributed by atoms with Crippen molar-refractivity contribution < 1.29 is 9.53 Å². The lowest BCUT2D eigenvalue weighted by molar-refractivity contribution is -0.144. The van der Waals surface area contributed by atoms with Crippen LogP contribution in [0.3, 0.4) is 0 Å². The molecule has 0 bridgehead atoms. The summed E-state index contributed by atoms with van der Waals surface area (Å²) in [5.74, 6) is -0.141. The minimum absolute atomic E-state index is 0.141. The van der Waals surface area contributed by atoms with Gasteiger partial charge in [0.25, 0.3) is 0 Å². The Balaban J connectivity index is 2.27. The van der Waals surface area contributed by atoms with Crippen LogP contribution in [0.2, 0.25) is 0 Å². The molecule has 1 fully saturated rings. The van der Waals surface area contributed by atoms with E-state index in [1.54, 1.807) is 0 Å². The molecule has 4 heteroatoms. The lowest BCUT2D eigenvalue weighted by Gasteiger charge is -2.29. The van der Waals surface area contributed by atoms with Gasteiger partial charge in [-0.25, -0.2) is 0 Å². The van der Waals surface area contributed by atoms with Crippen LogP contribution < -0.4 is 0 Å². The van der Waals surface area contributed by atoms with E-state index in [9.17, 15) is 4.79 Å². The molecule has 1 aliphatic heterocycles. The number of nitrogens with zero attached hydrogens (tertiary/aromatic N) is 2. The lowest BCUT2D eigenvalue weighted by atomic mass is 10.1. The maximum absolute atomic E-state index is 11.5. The number of piperidine rings is 1. The first kappa shape index (κ1) is 15.2.